The monoisotopic (exact) mass is 324 g/mol. The molecule has 23 heavy (non-hydrogen) atoms. The maximum Gasteiger partial charge on any atom is 0.333 e. The summed E-state index contributed by atoms with van der Waals surface area (Å²) in [4.78, 5) is 30.6. The maximum absolute atomic E-state index is 12.2. The van der Waals surface area contributed by atoms with Gasteiger partial charge in [0.1, 0.15) is 5.56 Å². The first-order chi connectivity index (χ1) is 10.9. The fourth-order valence-corrected chi connectivity index (χ4v) is 2.59. The van der Waals surface area contributed by atoms with Gasteiger partial charge in [-0.15, -0.1) is 0 Å². The van der Waals surface area contributed by atoms with Gasteiger partial charge in [-0.2, -0.15) is 0 Å². The lowest BCUT2D eigenvalue weighted by Crippen LogP contribution is -2.39. The Hall–Kier alpha value is -1.93. The predicted molar refractivity (Wildman–Crippen MR) is 87.5 cm³/mol. The molecular weight excluding hydrogens is 300 g/mol. The molecule has 1 N–H and O–H groups in total. The van der Waals surface area contributed by atoms with Crippen LogP contribution in [-0.2, 0) is 18.8 Å². The molecule has 1 aromatic heterocycles. The Morgan fingerprint density at radius 3 is 2.52 bits per heavy atom. The van der Waals surface area contributed by atoms with E-state index in [1.165, 1.54) is 14.1 Å². The first-order valence-electron chi connectivity index (χ1n) is 7.74. The van der Waals surface area contributed by atoms with Crippen LogP contribution >= 0.6 is 0 Å². The average molecular weight is 324 g/mol. The highest BCUT2D eigenvalue weighted by molar-refractivity contribution is 6.00. The summed E-state index contributed by atoms with van der Waals surface area (Å²) in [7, 11) is 2.81. The molecule has 0 spiro atoms. The number of morpholine rings is 1. The first-order valence-corrected chi connectivity index (χ1v) is 7.74. The molecule has 1 saturated heterocycles. The number of rotatable bonds is 5. The number of ether oxygens (including phenoxy) is 1. The Kier molecular flexibility index (Phi) is 5.73. The van der Waals surface area contributed by atoms with Gasteiger partial charge in [-0.1, -0.05) is 0 Å². The van der Waals surface area contributed by atoms with Crippen LogP contribution in [-0.4, -0.2) is 64.2 Å². The summed E-state index contributed by atoms with van der Waals surface area (Å²) in [6.07, 6.45) is 0.865. The number of hydrogen-bond donors (Lipinski definition) is 1. The number of aliphatic imine (C=N–C) groups is 1. The van der Waals surface area contributed by atoms with Crippen molar-refractivity contribution in [3.05, 3.63) is 26.4 Å². The van der Waals surface area contributed by atoms with Crippen molar-refractivity contribution in [3.8, 4) is 5.88 Å². The van der Waals surface area contributed by atoms with E-state index in [-0.39, 0.29) is 11.4 Å². The Labute approximate surface area is 134 Å². The molecule has 0 saturated carbocycles. The summed E-state index contributed by atoms with van der Waals surface area (Å²) in [5.74, 6) is -0.340. The van der Waals surface area contributed by atoms with Crippen LogP contribution in [0.15, 0.2) is 14.6 Å². The van der Waals surface area contributed by atoms with Crippen LogP contribution in [0.5, 0.6) is 5.88 Å². The average Bonchev–Trinajstić information content (AvgIpc) is 2.56. The molecule has 0 bridgehead atoms. The van der Waals surface area contributed by atoms with Gasteiger partial charge in [0.15, 0.2) is 0 Å². The third kappa shape index (κ3) is 3.89. The molecule has 8 nitrogen and oxygen atoms in total. The second-order valence-electron chi connectivity index (χ2n) is 5.68. The van der Waals surface area contributed by atoms with E-state index in [0.717, 1.165) is 48.4 Å². The normalized spacial score (nSPS) is 16.7. The van der Waals surface area contributed by atoms with Gasteiger partial charge in [-0.3, -0.25) is 23.8 Å². The zero-order chi connectivity index (χ0) is 17.0. The van der Waals surface area contributed by atoms with Crippen LogP contribution in [0.1, 0.15) is 18.9 Å². The van der Waals surface area contributed by atoms with Gasteiger partial charge in [0.2, 0.25) is 5.88 Å². The first kappa shape index (κ1) is 17.4. The second kappa shape index (κ2) is 7.56. The lowest BCUT2D eigenvalue weighted by atomic mass is 10.2. The highest BCUT2D eigenvalue weighted by atomic mass is 16.5. The summed E-state index contributed by atoms with van der Waals surface area (Å²) < 4.78 is 7.32. The molecule has 0 unspecified atom stereocenters. The Morgan fingerprint density at radius 1 is 1.22 bits per heavy atom. The van der Waals surface area contributed by atoms with Crippen molar-refractivity contribution in [1.82, 2.24) is 14.0 Å². The van der Waals surface area contributed by atoms with Crippen LogP contribution in [0.2, 0.25) is 0 Å². The predicted octanol–water partition coefficient (Wildman–Crippen LogP) is -0.679. The van der Waals surface area contributed by atoms with E-state index in [0.29, 0.717) is 12.3 Å². The summed E-state index contributed by atoms with van der Waals surface area (Å²) in [6, 6.07) is 0. The van der Waals surface area contributed by atoms with Crippen molar-refractivity contribution in [2.24, 2.45) is 19.1 Å². The maximum atomic E-state index is 12.2. The van der Waals surface area contributed by atoms with Crippen molar-refractivity contribution in [1.29, 1.82) is 0 Å². The largest absolute Gasteiger partial charge is 0.494 e. The molecule has 0 radical (unpaired) electrons. The van der Waals surface area contributed by atoms with Crippen LogP contribution in [0.3, 0.4) is 0 Å². The Bertz CT molecular complexity index is 699. The third-order valence-corrected chi connectivity index (χ3v) is 4.08. The van der Waals surface area contributed by atoms with E-state index in [1.807, 2.05) is 0 Å². The van der Waals surface area contributed by atoms with Gasteiger partial charge >= 0.3 is 5.69 Å². The molecule has 0 aromatic carbocycles. The molecular formula is C15H24N4O4. The van der Waals surface area contributed by atoms with Crippen molar-refractivity contribution < 1.29 is 9.84 Å². The topological polar surface area (TPSA) is 89.1 Å². The summed E-state index contributed by atoms with van der Waals surface area (Å²) in [5.41, 5.74) is -0.557. The van der Waals surface area contributed by atoms with Crippen molar-refractivity contribution in [2.45, 2.75) is 13.3 Å². The van der Waals surface area contributed by atoms with Gasteiger partial charge in [0.25, 0.3) is 5.56 Å². The number of aromatic hydroxyl groups is 1. The highest BCUT2D eigenvalue weighted by Gasteiger charge is 2.17. The van der Waals surface area contributed by atoms with Gasteiger partial charge < -0.3 is 9.84 Å². The quantitative estimate of drug-likeness (QED) is 0.573. The van der Waals surface area contributed by atoms with E-state index in [9.17, 15) is 14.7 Å². The fraction of sp³-hybridized carbons (Fsp3) is 0.667. The summed E-state index contributed by atoms with van der Waals surface area (Å²) >= 11 is 0. The summed E-state index contributed by atoms with van der Waals surface area (Å²) in [6.45, 7) is 6.58. The Morgan fingerprint density at radius 2 is 1.87 bits per heavy atom. The molecule has 0 atom stereocenters. The smallest absolute Gasteiger partial charge is 0.333 e. The SMILES string of the molecule is CC(=NCCCN1CCOCC1)c1c(O)n(C)c(=O)n(C)c1=O. The van der Waals surface area contributed by atoms with Gasteiger partial charge in [0, 0.05) is 46.0 Å². The molecule has 1 aliphatic heterocycles. The number of hydrogen-bond acceptors (Lipinski definition) is 6. The van der Waals surface area contributed by atoms with E-state index in [1.54, 1.807) is 6.92 Å². The molecule has 1 aromatic rings. The number of nitrogens with zero attached hydrogens (tertiary/aromatic N) is 4. The van der Waals surface area contributed by atoms with Crippen molar-refractivity contribution in [3.63, 3.8) is 0 Å². The van der Waals surface area contributed by atoms with Gasteiger partial charge in [0.05, 0.1) is 13.2 Å². The molecule has 128 valence electrons. The van der Waals surface area contributed by atoms with E-state index < -0.39 is 11.2 Å². The zero-order valence-electron chi connectivity index (χ0n) is 13.9. The molecule has 1 aliphatic rings. The van der Waals surface area contributed by atoms with Crippen LogP contribution in [0.25, 0.3) is 0 Å². The van der Waals surface area contributed by atoms with Crippen molar-refractivity contribution in [2.75, 3.05) is 39.4 Å². The van der Waals surface area contributed by atoms with Crippen molar-refractivity contribution >= 4 is 5.71 Å². The molecule has 8 heteroatoms. The molecule has 0 amide bonds. The van der Waals surface area contributed by atoms with Gasteiger partial charge in [-0.05, 0) is 13.3 Å². The molecule has 2 heterocycles. The minimum Gasteiger partial charge on any atom is -0.494 e. The van der Waals surface area contributed by atoms with Crippen LogP contribution in [0.4, 0.5) is 0 Å². The second-order valence-corrected chi connectivity index (χ2v) is 5.68. The summed E-state index contributed by atoms with van der Waals surface area (Å²) in [5, 5.41) is 10.1. The third-order valence-electron chi connectivity index (χ3n) is 4.08. The molecule has 2 rings (SSSR count). The zero-order valence-corrected chi connectivity index (χ0v) is 13.9. The highest BCUT2D eigenvalue weighted by Crippen LogP contribution is 2.10. The van der Waals surface area contributed by atoms with E-state index >= 15 is 0 Å². The lowest BCUT2D eigenvalue weighted by Gasteiger charge is -2.26. The van der Waals surface area contributed by atoms with E-state index in [4.69, 9.17) is 4.74 Å². The lowest BCUT2D eigenvalue weighted by molar-refractivity contribution is 0.0377. The standard InChI is InChI=1S/C15H24N4O4/c1-11(16-5-4-6-19-7-9-23-10-8-19)12-13(20)17(2)15(22)18(3)14(12)21/h20H,4-10H2,1-3H3. The minimum absolute atomic E-state index is 0.0842. The minimum atomic E-state index is -0.559. The van der Waals surface area contributed by atoms with Crippen LogP contribution in [0, 0.1) is 0 Å². The van der Waals surface area contributed by atoms with E-state index in [2.05, 4.69) is 9.89 Å². The fourth-order valence-electron chi connectivity index (χ4n) is 2.59. The molecule has 1 fully saturated rings. The van der Waals surface area contributed by atoms with Gasteiger partial charge in [-0.25, -0.2) is 4.79 Å². The van der Waals surface area contributed by atoms with Crippen LogP contribution < -0.4 is 11.2 Å². The number of aromatic nitrogens is 2. The Balaban J connectivity index is 2.06. The molecule has 0 aliphatic carbocycles.